The second-order valence-corrected chi connectivity index (χ2v) is 3.98. The summed E-state index contributed by atoms with van der Waals surface area (Å²) in [6.45, 7) is 5.09. The molecule has 0 saturated heterocycles. The van der Waals surface area contributed by atoms with Gasteiger partial charge in [0, 0.05) is 19.0 Å². The quantitative estimate of drug-likeness (QED) is 0.430. The number of aliphatic hydroxyl groups is 1. The van der Waals surface area contributed by atoms with Crippen LogP contribution >= 0.6 is 0 Å². The van der Waals surface area contributed by atoms with Crippen molar-refractivity contribution in [1.82, 2.24) is 10.6 Å². The Kier molecular flexibility index (Phi) is 5.36. The standard InChI is InChI=1S/C11H20N2O2/c1-2-6-12-8-11(15)13-7-9-4-3-5-10(9)14/h2,9-10,12,14H,1,3-8H2,(H,13,15). The molecule has 0 bridgehead atoms. The maximum Gasteiger partial charge on any atom is 0.233 e. The van der Waals surface area contributed by atoms with Gasteiger partial charge in [-0.3, -0.25) is 4.79 Å². The van der Waals surface area contributed by atoms with Gasteiger partial charge < -0.3 is 15.7 Å². The molecule has 4 nitrogen and oxygen atoms in total. The summed E-state index contributed by atoms with van der Waals surface area (Å²) in [6.07, 6.45) is 4.44. The number of aliphatic hydroxyl groups excluding tert-OH is 1. The Hall–Kier alpha value is -0.870. The second kappa shape index (κ2) is 6.58. The molecule has 0 aromatic rings. The smallest absolute Gasteiger partial charge is 0.233 e. The van der Waals surface area contributed by atoms with E-state index in [-0.39, 0.29) is 17.9 Å². The van der Waals surface area contributed by atoms with Crippen LogP contribution in [0, 0.1) is 5.92 Å². The van der Waals surface area contributed by atoms with Gasteiger partial charge in [0.2, 0.25) is 5.91 Å². The summed E-state index contributed by atoms with van der Waals surface area (Å²) in [5, 5.41) is 15.3. The summed E-state index contributed by atoms with van der Waals surface area (Å²) in [6, 6.07) is 0. The highest BCUT2D eigenvalue weighted by molar-refractivity contribution is 5.77. The van der Waals surface area contributed by atoms with Crippen molar-refractivity contribution in [3.05, 3.63) is 12.7 Å². The molecule has 0 spiro atoms. The molecule has 2 unspecified atom stereocenters. The molecule has 0 radical (unpaired) electrons. The SMILES string of the molecule is C=CCNCC(=O)NCC1CCCC1O. The lowest BCUT2D eigenvalue weighted by atomic mass is 10.1. The Morgan fingerprint density at radius 2 is 2.33 bits per heavy atom. The summed E-state index contributed by atoms with van der Waals surface area (Å²) in [5.41, 5.74) is 0. The third-order valence-corrected chi connectivity index (χ3v) is 2.75. The fourth-order valence-electron chi connectivity index (χ4n) is 1.85. The van der Waals surface area contributed by atoms with Gasteiger partial charge in [0.1, 0.15) is 0 Å². The van der Waals surface area contributed by atoms with Crippen LogP contribution in [-0.2, 0) is 4.79 Å². The number of carbonyl (C=O) groups is 1. The van der Waals surface area contributed by atoms with Gasteiger partial charge in [0.15, 0.2) is 0 Å². The predicted molar refractivity (Wildman–Crippen MR) is 59.4 cm³/mol. The van der Waals surface area contributed by atoms with Crippen LogP contribution in [0.15, 0.2) is 12.7 Å². The van der Waals surface area contributed by atoms with Crippen molar-refractivity contribution < 1.29 is 9.90 Å². The van der Waals surface area contributed by atoms with Gasteiger partial charge in [-0.25, -0.2) is 0 Å². The lowest BCUT2D eigenvalue weighted by molar-refractivity contribution is -0.120. The van der Waals surface area contributed by atoms with E-state index >= 15 is 0 Å². The molecule has 1 aliphatic carbocycles. The third-order valence-electron chi connectivity index (χ3n) is 2.75. The van der Waals surface area contributed by atoms with Crippen molar-refractivity contribution in [2.75, 3.05) is 19.6 Å². The van der Waals surface area contributed by atoms with Crippen molar-refractivity contribution in [2.24, 2.45) is 5.92 Å². The van der Waals surface area contributed by atoms with E-state index in [4.69, 9.17) is 0 Å². The minimum absolute atomic E-state index is 0.0176. The second-order valence-electron chi connectivity index (χ2n) is 3.98. The van der Waals surface area contributed by atoms with Crippen molar-refractivity contribution in [3.63, 3.8) is 0 Å². The van der Waals surface area contributed by atoms with Gasteiger partial charge in [-0.2, -0.15) is 0 Å². The molecule has 1 fully saturated rings. The first kappa shape index (κ1) is 12.2. The Labute approximate surface area is 90.7 Å². The lowest BCUT2D eigenvalue weighted by Gasteiger charge is -2.14. The van der Waals surface area contributed by atoms with Crippen LogP contribution in [0.5, 0.6) is 0 Å². The summed E-state index contributed by atoms with van der Waals surface area (Å²) in [7, 11) is 0. The average molecular weight is 212 g/mol. The van der Waals surface area contributed by atoms with Gasteiger partial charge in [0.05, 0.1) is 12.6 Å². The van der Waals surface area contributed by atoms with Crippen molar-refractivity contribution in [1.29, 1.82) is 0 Å². The number of hydrogen-bond acceptors (Lipinski definition) is 3. The lowest BCUT2D eigenvalue weighted by Crippen LogP contribution is -2.38. The van der Waals surface area contributed by atoms with E-state index < -0.39 is 0 Å². The summed E-state index contributed by atoms with van der Waals surface area (Å²) < 4.78 is 0. The van der Waals surface area contributed by atoms with E-state index in [1.165, 1.54) is 0 Å². The molecular weight excluding hydrogens is 192 g/mol. The molecule has 1 amide bonds. The van der Waals surface area contributed by atoms with Gasteiger partial charge >= 0.3 is 0 Å². The molecule has 2 atom stereocenters. The zero-order chi connectivity index (χ0) is 11.1. The summed E-state index contributed by atoms with van der Waals surface area (Å²) in [4.78, 5) is 11.3. The maximum atomic E-state index is 11.3. The van der Waals surface area contributed by atoms with E-state index in [1.54, 1.807) is 6.08 Å². The molecule has 1 saturated carbocycles. The topological polar surface area (TPSA) is 61.4 Å². The van der Waals surface area contributed by atoms with Gasteiger partial charge in [-0.15, -0.1) is 6.58 Å². The number of amides is 1. The zero-order valence-corrected chi connectivity index (χ0v) is 9.04. The maximum absolute atomic E-state index is 11.3. The fraction of sp³-hybridized carbons (Fsp3) is 0.727. The van der Waals surface area contributed by atoms with Crippen LogP contribution in [0.4, 0.5) is 0 Å². The van der Waals surface area contributed by atoms with Crippen molar-refractivity contribution >= 4 is 5.91 Å². The van der Waals surface area contributed by atoms with Gasteiger partial charge in [-0.1, -0.05) is 12.5 Å². The minimum atomic E-state index is -0.230. The van der Waals surface area contributed by atoms with Crippen LogP contribution in [0.3, 0.4) is 0 Å². The molecule has 0 aliphatic heterocycles. The first-order chi connectivity index (χ1) is 7.24. The number of carbonyl (C=O) groups excluding carboxylic acids is 1. The molecule has 1 rings (SSSR count). The largest absolute Gasteiger partial charge is 0.393 e. The highest BCUT2D eigenvalue weighted by Crippen LogP contribution is 2.24. The minimum Gasteiger partial charge on any atom is -0.393 e. The molecule has 3 N–H and O–H groups in total. The van der Waals surface area contributed by atoms with Crippen LogP contribution in [-0.4, -0.2) is 36.8 Å². The highest BCUT2D eigenvalue weighted by Gasteiger charge is 2.25. The Bertz CT molecular complexity index is 219. The van der Waals surface area contributed by atoms with Crippen molar-refractivity contribution in [2.45, 2.75) is 25.4 Å². The fourth-order valence-corrected chi connectivity index (χ4v) is 1.85. The molecular formula is C11H20N2O2. The average Bonchev–Trinajstić information content (AvgIpc) is 2.61. The van der Waals surface area contributed by atoms with Crippen LogP contribution in [0.25, 0.3) is 0 Å². The number of rotatable bonds is 6. The Morgan fingerprint density at radius 3 is 2.93 bits per heavy atom. The van der Waals surface area contributed by atoms with Gasteiger partial charge in [0.25, 0.3) is 0 Å². The van der Waals surface area contributed by atoms with Crippen LogP contribution in [0.1, 0.15) is 19.3 Å². The van der Waals surface area contributed by atoms with E-state index in [0.717, 1.165) is 19.3 Å². The first-order valence-corrected chi connectivity index (χ1v) is 5.50. The monoisotopic (exact) mass is 212 g/mol. The van der Waals surface area contributed by atoms with Crippen LogP contribution < -0.4 is 10.6 Å². The normalized spacial score (nSPS) is 25.1. The molecule has 0 heterocycles. The zero-order valence-electron chi connectivity index (χ0n) is 9.04. The number of hydrogen-bond donors (Lipinski definition) is 3. The molecule has 0 aromatic heterocycles. The Balaban J connectivity index is 2.08. The number of nitrogens with one attached hydrogen (secondary N) is 2. The highest BCUT2D eigenvalue weighted by atomic mass is 16.3. The van der Waals surface area contributed by atoms with Gasteiger partial charge in [-0.05, 0) is 12.8 Å². The molecule has 15 heavy (non-hydrogen) atoms. The van der Waals surface area contributed by atoms with E-state index in [0.29, 0.717) is 19.6 Å². The van der Waals surface area contributed by atoms with Crippen LogP contribution in [0.2, 0.25) is 0 Å². The van der Waals surface area contributed by atoms with E-state index in [9.17, 15) is 9.90 Å². The summed E-state index contributed by atoms with van der Waals surface area (Å²) >= 11 is 0. The summed E-state index contributed by atoms with van der Waals surface area (Å²) in [5.74, 6) is 0.226. The molecule has 1 aliphatic rings. The van der Waals surface area contributed by atoms with E-state index in [1.807, 2.05) is 0 Å². The Morgan fingerprint density at radius 1 is 1.53 bits per heavy atom. The molecule has 86 valence electrons. The third kappa shape index (κ3) is 4.44. The predicted octanol–water partition coefficient (Wildman–Crippen LogP) is 0.0392. The first-order valence-electron chi connectivity index (χ1n) is 5.50. The molecule has 4 heteroatoms. The van der Waals surface area contributed by atoms with E-state index in [2.05, 4.69) is 17.2 Å². The molecule has 0 aromatic carbocycles. The van der Waals surface area contributed by atoms with Crippen molar-refractivity contribution in [3.8, 4) is 0 Å².